The van der Waals surface area contributed by atoms with Gasteiger partial charge in [-0.05, 0) is 31.5 Å². The van der Waals surface area contributed by atoms with Gasteiger partial charge >= 0.3 is 0 Å². The minimum Gasteiger partial charge on any atom is -0.424 e. The third-order valence-electron chi connectivity index (χ3n) is 3.61. The fourth-order valence-corrected chi connectivity index (χ4v) is 3.10. The van der Waals surface area contributed by atoms with Crippen LogP contribution in [0.3, 0.4) is 0 Å². The molecule has 1 aliphatic rings. The second-order valence-corrected chi connectivity index (χ2v) is 5.84. The lowest BCUT2D eigenvalue weighted by Crippen LogP contribution is -2.23. The van der Waals surface area contributed by atoms with E-state index in [1.54, 1.807) is 13.0 Å². The van der Waals surface area contributed by atoms with Crippen LogP contribution in [0, 0.1) is 12.7 Å². The molecule has 0 bridgehead atoms. The Morgan fingerprint density at radius 1 is 1.45 bits per heavy atom. The summed E-state index contributed by atoms with van der Waals surface area (Å²) in [4.78, 5) is 2.19. The maximum atomic E-state index is 13.9. The van der Waals surface area contributed by atoms with Gasteiger partial charge in [0.1, 0.15) is 5.82 Å². The summed E-state index contributed by atoms with van der Waals surface area (Å²) >= 11 is 3.42. The van der Waals surface area contributed by atoms with Crippen LogP contribution < -0.4 is 0 Å². The smallest absolute Gasteiger partial charge is 0.233 e. The number of hydrogen-bond acceptors (Lipinski definition) is 4. The molecule has 0 radical (unpaired) electrons. The molecule has 4 nitrogen and oxygen atoms in total. The molecule has 0 spiro atoms. The highest BCUT2D eigenvalue weighted by atomic mass is 79.9. The Morgan fingerprint density at radius 3 is 3.00 bits per heavy atom. The SMILES string of the molecule is Cc1nnc([C@H]2CCCN2Cc2c(F)cccc2Br)o1. The zero-order chi connectivity index (χ0) is 14.1. The summed E-state index contributed by atoms with van der Waals surface area (Å²) in [5.41, 5.74) is 0.677. The summed E-state index contributed by atoms with van der Waals surface area (Å²) < 4.78 is 20.3. The number of rotatable bonds is 3. The molecule has 1 aromatic carbocycles. The molecule has 0 aliphatic carbocycles. The fourth-order valence-electron chi connectivity index (χ4n) is 2.63. The van der Waals surface area contributed by atoms with Crippen molar-refractivity contribution < 1.29 is 8.81 Å². The number of likely N-dealkylation sites (tertiary alicyclic amines) is 1. The van der Waals surface area contributed by atoms with Gasteiger partial charge < -0.3 is 4.42 Å². The average Bonchev–Trinajstić information content (AvgIpc) is 3.02. The minimum atomic E-state index is -0.188. The van der Waals surface area contributed by atoms with Crippen molar-refractivity contribution >= 4 is 15.9 Å². The standard InChI is InChI=1S/C14H15BrFN3O/c1-9-17-18-14(20-9)13-6-3-7-19(13)8-10-11(15)4-2-5-12(10)16/h2,4-5,13H,3,6-8H2,1H3/t13-/m1/s1. The van der Waals surface area contributed by atoms with Gasteiger partial charge in [-0.2, -0.15) is 0 Å². The number of benzene rings is 1. The molecule has 0 amide bonds. The lowest BCUT2D eigenvalue weighted by atomic mass is 10.1. The van der Waals surface area contributed by atoms with Crippen molar-refractivity contribution in [2.45, 2.75) is 32.4 Å². The number of hydrogen-bond donors (Lipinski definition) is 0. The summed E-state index contributed by atoms with van der Waals surface area (Å²) in [6.07, 6.45) is 2.02. The highest BCUT2D eigenvalue weighted by Gasteiger charge is 2.31. The van der Waals surface area contributed by atoms with E-state index in [1.807, 2.05) is 6.07 Å². The van der Waals surface area contributed by atoms with E-state index in [-0.39, 0.29) is 11.9 Å². The van der Waals surface area contributed by atoms with Crippen molar-refractivity contribution in [3.63, 3.8) is 0 Å². The zero-order valence-electron chi connectivity index (χ0n) is 11.1. The first-order valence-electron chi connectivity index (χ1n) is 6.62. The zero-order valence-corrected chi connectivity index (χ0v) is 12.7. The third kappa shape index (κ3) is 2.62. The van der Waals surface area contributed by atoms with Gasteiger partial charge in [-0.3, -0.25) is 4.90 Å². The van der Waals surface area contributed by atoms with Crippen LogP contribution in [0.1, 0.15) is 36.2 Å². The normalized spacial score (nSPS) is 19.6. The molecule has 1 aromatic heterocycles. The molecule has 1 atom stereocenters. The number of aromatic nitrogens is 2. The van der Waals surface area contributed by atoms with Gasteiger partial charge in [-0.25, -0.2) is 4.39 Å². The average molecular weight is 340 g/mol. The summed E-state index contributed by atoms with van der Waals surface area (Å²) in [6.45, 7) is 3.23. The van der Waals surface area contributed by atoms with Crippen molar-refractivity contribution in [3.05, 3.63) is 45.8 Å². The van der Waals surface area contributed by atoms with Crippen LogP contribution in [-0.2, 0) is 6.54 Å². The molecule has 106 valence electrons. The van der Waals surface area contributed by atoms with Crippen LogP contribution in [0.25, 0.3) is 0 Å². The van der Waals surface area contributed by atoms with Crippen molar-refractivity contribution in [2.24, 2.45) is 0 Å². The molecule has 0 unspecified atom stereocenters. The Morgan fingerprint density at radius 2 is 2.30 bits per heavy atom. The first kappa shape index (κ1) is 13.7. The van der Waals surface area contributed by atoms with Gasteiger partial charge in [-0.15, -0.1) is 10.2 Å². The van der Waals surface area contributed by atoms with E-state index in [9.17, 15) is 4.39 Å². The van der Waals surface area contributed by atoms with Crippen molar-refractivity contribution in [1.82, 2.24) is 15.1 Å². The lowest BCUT2D eigenvalue weighted by Gasteiger charge is -2.22. The molecule has 2 aromatic rings. The van der Waals surface area contributed by atoms with E-state index in [1.165, 1.54) is 6.07 Å². The van der Waals surface area contributed by atoms with E-state index < -0.39 is 0 Å². The third-order valence-corrected chi connectivity index (χ3v) is 4.36. The van der Waals surface area contributed by atoms with E-state index in [0.717, 1.165) is 23.9 Å². The Hall–Kier alpha value is -1.27. The molecule has 0 saturated carbocycles. The summed E-state index contributed by atoms with van der Waals surface area (Å²) in [5.74, 6) is 1.01. The van der Waals surface area contributed by atoms with E-state index in [0.29, 0.717) is 23.9 Å². The Balaban J connectivity index is 1.83. The predicted molar refractivity (Wildman–Crippen MR) is 75.5 cm³/mol. The topological polar surface area (TPSA) is 42.2 Å². The van der Waals surface area contributed by atoms with Crippen molar-refractivity contribution in [3.8, 4) is 0 Å². The van der Waals surface area contributed by atoms with E-state index in [4.69, 9.17) is 4.42 Å². The second kappa shape index (κ2) is 5.61. The van der Waals surface area contributed by atoms with Gasteiger partial charge in [0.15, 0.2) is 0 Å². The van der Waals surface area contributed by atoms with Gasteiger partial charge in [0.25, 0.3) is 0 Å². The molecule has 0 N–H and O–H groups in total. The van der Waals surface area contributed by atoms with Crippen LogP contribution in [0.5, 0.6) is 0 Å². The number of aryl methyl sites for hydroxylation is 1. The molecule has 2 heterocycles. The van der Waals surface area contributed by atoms with Crippen LogP contribution in [0.2, 0.25) is 0 Å². The van der Waals surface area contributed by atoms with Crippen molar-refractivity contribution in [2.75, 3.05) is 6.54 Å². The minimum absolute atomic E-state index is 0.0858. The van der Waals surface area contributed by atoms with Crippen LogP contribution in [0.15, 0.2) is 27.1 Å². The molecular formula is C14H15BrFN3O. The van der Waals surface area contributed by atoms with Gasteiger partial charge in [-0.1, -0.05) is 22.0 Å². The summed E-state index contributed by atoms with van der Waals surface area (Å²) in [6, 6.07) is 5.14. The molecule has 1 saturated heterocycles. The first-order valence-corrected chi connectivity index (χ1v) is 7.41. The molecule has 6 heteroatoms. The quantitative estimate of drug-likeness (QED) is 0.856. The Kier molecular flexibility index (Phi) is 3.85. The van der Waals surface area contributed by atoms with E-state index in [2.05, 4.69) is 31.0 Å². The molecule has 1 fully saturated rings. The van der Waals surface area contributed by atoms with E-state index >= 15 is 0 Å². The first-order chi connectivity index (χ1) is 9.65. The van der Waals surface area contributed by atoms with Crippen LogP contribution in [-0.4, -0.2) is 21.6 Å². The maximum absolute atomic E-state index is 13.9. The maximum Gasteiger partial charge on any atom is 0.233 e. The van der Waals surface area contributed by atoms with Crippen LogP contribution >= 0.6 is 15.9 Å². The predicted octanol–water partition coefficient (Wildman–Crippen LogP) is 3.62. The lowest BCUT2D eigenvalue weighted by molar-refractivity contribution is 0.210. The fraction of sp³-hybridized carbons (Fsp3) is 0.429. The summed E-state index contributed by atoms with van der Waals surface area (Å²) in [5, 5.41) is 7.98. The highest BCUT2D eigenvalue weighted by Crippen LogP contribution is 2.34. The second-order valence-electron chi connectivity index (χ2n) is 4.99. The Bertz CT molecular complexity index is 596. The number of nitrogens with zero attached hydrogens (tertiary/aromatic N) is 3. The summed E-state index contributed by atoms with van der Waals surface area (Å²) in [7, 11) is 0. The van der Waals surface area contributed by atoms with Crippen LogP contribution in [0.4, 0.5) is 4.39 Å². The van der Waals surface area contributed by atoms with Gasteiger partial charge in [0, 0.05) is 23.5 Å². The highest BCUT2D eigenvalue weighted by molar-refractivity contribution is 9.10. The number of halogens is 2. The molecule has 20 heavy (non-hydrogen) atoms. The van der Waals surface area contributed by atoms with Gasteiger partial charge in [0.05, 0.1) is 6.04 Å². The molecule has 3 rings (SSSR count). The monoisotopic (exact) mass is 339 g/mol. The van der Waals surface area contributed by atoms with Crippen molar-refractivity contribution in [1.29, 1.82) is 0 Å². The van der Waals surface area contributed by atoms with Gasteiger partial charge in [0.2, 0.25) is 11.8 Å². The molecule has 1 aliphatic heterocycles. The largest absolute Gasteiger partial charge is 0.424 e. The Labute approximate surface area is 125 Å². The molecular weight excluding hydrogens is 325 g/mol.